The fourth-order valence-corrected chi connectivity index (χ4v) is 3.29. The Bertz CT molecular complexity index is 689. The van der Waals surface area contributed by atoms with Gasteiger partial charge in [0.15, 0.2) is 0 Å². The van der Waals surface area contributed by atoms with E-state index in [1.165, 1.54) is 36.9 Å². The molecule has 0 heterocycles. The van der Waals surface area contributed by atoms with Crippen LogP contribution in [-0.4, -0.2) is 50.9 Å². The summed E-state index contributed by atoms with van der Waals surface area (Å²) < 4.78 is 0. The number of allylic oxidation sites excluding steroid dienone is 5. The summed E-state index contributed by atoms with van der Waals surface area (Å²) >= 11 is 0. The van der Waals surface area contributed by atoms with Gasteiger partial charge in [0.2, 0.25) is 0 Å². The van der Waals surface area contributed by atoms with Gasteiger partial charge < -0.3 is 4.90 Å². The average molecular weight is 422 g/mol. The van der Waals surface area contributed by atoms with E-state index in [1.54, 1.807) is 0 Å². The summed E-state index contributed by atoms with van der Waals surface area (Å²) in [5, 5.41) is 0. The summed E-state index contributed by atoms with van der Waals surface area (Å²) in [5.41, 5.74) is 3.68. The Balaban J connectivity index is 2.77. The molecule has 3 nitrogen and oxygen atoms in total. The summed E-state index contributed by atoms with van der Waals surface area (Å²) in [6.45, 7) is 20.0. The first-order chi connectivity index (χ1) is 15.2. The molecule has 0 radical (unpaired) electrons. The number of benzene rings is 1. The Kier molecular flexibility index (Phi) is 14.9. The number of hydrogen-bond donors (Lipinski definition) is 0. The third-order valence-corrected chi connectivity index (χ3v) is 5.30. The summed E-state index contributed by atoms with van der Waals surface area (Å²) in [7, 11) is 0. The zero-order valence-electron chi connectivity index (χ0n) is 20.1. The molecule has 3 heteroatoms. The Labute approximate surface area is 191 Å². The molecule has 0 bridgehead atoms. The predicted molar refractivity (Wildman–Crippen MR) is 141 cm³/mol. The number of unbranched alkanes of at least 4 members (excludes halogenated alkanes) is 2. The Hall–Kier alpha value is -2.39. The Morgan fingerprint density at radius 1 is 0.968 bits per heavy atom. The minimum Gasteiger partial charge on any atom is -0.372 e. The summed E-state index contributed by atoms with van der Waals surface area (Å²) in [6, 6.07) is 8.94. The summed E-state index contributed by atoms with van der Waals surface area (Å²) in [4.78, 5) is 8.82. The molecule has 1 aromatic carbocycles. The smallest absolute Gasteiger partial charge is 0.0509 e. The predicted octanol–water partition coefficient (Wildman–Crippen LogP) is 6.80. The van der Waals surface area contributed by atoms with Crippen molar-refractivity contribution in [1.29, 1.82) is 0 Å². The van der Waals surface area contributed by atoms with Crippen molar-refractivity contribution in [3.8, 4) is 0 Å². The fraction of sp³-hybridized carbons (Fsp3) is 0.464. The van der Waals surface area contributed by atoms with Crippen LogP contribution in [0.1, 0.15) is 52.0 Å². The quantitative estimate of drug-likeness (QED) is 0.203. The lowest BCUT2D eigenvalue weighted by molar-refractivity contribution is 0.329. The first-order valence-electron chi connectivity index (χ1n) is 11.9. The van der Waals surface area contributed by atoms with E-state index in [4.69, 9.17) is 0 Å². The van der Waals surface area contributed by atoms with Gasteiger partial charge in [-0.25, -0.2) is 0 Å². The first kappa shape index (κ1) is 26.6. The summed E-state index contributed by atoms with van der Waals surface area (Å²) in [6.07, 6.45) is 17.5. The van der Waals surface area contributed by atoms with Crippen molar-refractivity contribution >= 4 is 18.5 Å². The molecule has 0 amide bonds. The topological polar surface area (TPSA) is 18.8 Å². The van der Waals surface area contributed by atoms with Crippen LogP contribution in [0.5, 0.6) is 0 Å². The van der Waals surface area contributed by atoms with Crippen LogP contribution in [-0.2, 0) is 0 Å². The van der Waals surface area contributed by atoms with Crippen LogP contribution < -0.4 is 4.90 Å². The second kappa shape index (κ2) is 17.3. The molecule has 0 saturated heterocycles. The zero-order chi connectivity index (χ0) is 22.7. The molecule has 1 aromatic rings. The van der Waals surface area contributed by atoms with Gasteiger partial charge in [-0.1, -0.05) is 88.8 Å². The second-order valence-electron chi connectivity index (χ2n) is 7.76. The maximum atomic E-state index is 3.95. The third-order valence-electron chi connectivity index (χ3n) is 5.30. The normalized spacial score (nSPS) is 12.2. The molecule has 0 fully saturated rings. The molecule has 0 aliphatic carbocycles. The SMILES string of the molecule is C=C/C=C(C=Cc1ccc(N(CCCC)CCCC)cc1)\C=C\CN(CC)CCN=C. The van der Waals surface area contributed by atoms with Crippen LogP contribution in [0.2, 0.25) is 0 Å². The molecule has 1 rings (SSSR count). The van der Waals surface area contributed by atoms with Gasteiger partial charge in [0, 0.05) is 31.9 Å². The largest absolute Gasteiger partial charge is 0.372 e. The minimum absolute atomic E-state index is 0.779. The van der Waals surface area contributed by atoms with Crippen LogP contribution in [0, 0.1) is 0 Å². The van der Waals surface area contributed by atoms with Gasteiger partial charge >= 0.3 is 0 Å². The number of aliphatic imine (C=N–C) groups is 1. The second-order valence-corrected chi connectivity index (χ2v) is 7.76. The Morgan fingerprint density at radius 2 is 1.65 bits per heavy atom. The number of rotatable bonds is 17. The van der Waals surface area contributed by atoms with E-state index in [2.05, 4.69) is 97.4 Å². The van der Waals surface area contributed by atoms with Crippen LogP contribution in [0.4, 0.5) is 5.69 Å². The van der Waals surface area contributed by atoms with E-state index in [0.717, 1.165) is 44.8 Å². The number of likely N-dealkylation sites (N-methyl/N-ethyl adjacent to an activating group) is 1. The van der Waals surface area contributed by atoms with Gasteiger partial charge in [-0.3, -0.25) is 9.89 Å². The zero-order valence-corrected chi connectivity index (χ0v) is 20.1. The molecule has 0 spiro atoms. The molecule has 0 saturated carbocycles. The van der Waals surface area contributed by atoms with E-state index < -0.39 is 0 Å². The van der Waals surface area contributed by atoms with Crippen LogP contribution in [0.3, 0.4) is 0 Å². The van der Waals surface area contributed by atoms with Crippen molar-refractivity contribution in [2.24, 2.45) is 4.99 Å². The van der Waals surface area contributed by atoms with Crippen molar-refractivity contribution < 1.29 is 0 Å². The van der Waals surface area contributed by atoms with E-state index in [-0.39, 0.29) is 0 Å². The molecule has 0 unspecified atom stereocenters. The van der Waals surface area contributed by atoms with Gasteiger partial charge in [-0.2, -0.15) is 0 Å². The molecular weight excluding hydrogens is 378 g/mol. The number of anilines is 1. The highest BCUT2D eigenvalue weighted by Crippen LogP contribution is 2.18. The van der Waals surface area contributed by atoms with Gasteiger partial charge in [0.25, 0.3) is 0 Å². The van der Waals surface area contributed by atoms with Crippen molar-refractivity contribution in [3.63, 3.8) is 0 Å². The van der Waals surface area contributed by atoms with Gasteiger partial charge in [-0.05, 0) is 49.4 Å². The number of nitrogens with zero attached hydrogens (tertiary/aromatic N) is 3. The van der Waals surface area contributed by atoms with Crippen LogP contribution in [0.25, 0.3) is 6.08 Å². The standard InChI is InChI=1S/C28H43N3/c1-6-10-23-31(24-11-7-2)28-19-17-27(18-20-28)16-15-26(13-8-3)14-12-22-30(9-4)25-21-29-5/h8,12-20H,3,5-7,9-11,21-25H2,1-2,4H3/b14-12+,16-15?,26-13+. The molecule has 0 N–H and O–H groups in total. The number of hydrogen-bond acceptors (Lipinski definition) is 3. The lowest BCUT2D eigenvalue weighted by Crippen LogP contribution is -2.26. The van der Waals surface area contributed by atoms with Crippen LogP contribution in [0.15, 0.2) is 71.8 Å². The first-order valence-corrected chi connectivity index (χ1v) is 11.9. The van der Waals surface area contributed by atoms with Gasteiger partial charge in [0.05, 0.1) is 6.54 Å². The highest BCUT2D eigenvalue weighted by atomic mass is 15.1. The van der Waals surface area contributed by atoms with Crippen molar-refractivity contribution in [2.75, 3.05) is 44.2 Å². The van der Waals surface area contributed by atoms with Crippen molar-refractivity contribution in [1.82, 2.24) is 4.90 Å². The molecule has 0 atom stereocenters. The van der Waals surface area contributed by atoms with Crippen molar-refractivity contribution in [3.05, 3.63) is 72.4 Å². The molecule has 0 aliphatic heterocycles. The Morgan fingerprint density at radius 3 is 2.19 bits per heavy atom. The van der Waals surface area contributed by atoms with Crippen molar-refractivity contribution in [2.45, 2.75) is 46.5 Å². The van der Waals surface area contributed by atoms with Gasteiger partial charge in [-0.15, -0.1) is 0 Å². The highest BCUT2D eigenvalue weighted by molar-refractivity contribution is 5.59. The minimum atomic E-state index is 0.779. The lowest BCUT2D eigenvalue weighted by Gasteiger charge is -2.24. The summed E-state index contributed by atoms with van der Waals surface area (Å²) in [5.74, 6) is 0. The average Bonchev–Trinajstić information content (AvgIpc) is 2.80. The molecule has 170 valence electrons. The van der Waals surface area contributed by atoms with E-state index in [9.17, 15) is 0 Å². The molecule has 31 heavy (non-hydrogen) atoms. The molecular formula is C28H43N3. The maximum Gasteiger partial charge on any atom is 0.0509 e. The van der Waals surface area contributed by atoms with Gasteiger partial charge in [0.1, 0.15) is 0 Å². The highest BCUT2D eigenvalue weighted by Gasteiger charge is 2.05. The molecule has 0 aliphatic rings. The van der Waals surface area contributed by atoms with Crippen LogP contribution >= 0.6 is 0 Å². The molecule has 0 aromatic heterocycles. The van der Waals surface area contributed by atoms with E-state index >= 15 is 0 Å². The monoisotopic (exact) mass is 421 g/mol. The lowest BCUT2D eigenvalue weighted by atomic mass is 10.1. The van der Waals surface area contributed by atoms with E-state index in [1.807, 2.05) is 12.2 Å². The van der Waals surface area contributed by atoms with E-state index in [0.29, 0.717) is 0 Å². The third kappa shape index (κ3) is 11.5. The maximum absolute atomic E-state index is 3.95. The fourth-order valence-electron chi connectivity index (χ4n) is 3.29.